The summed E-state index contributed by atoms with van der Waals surface area (Å²) in [4.78, 5) is 39.4. The van der Waals surface area contributed by atoms with Gasteiger partial charge < -0.3 is 15.3 Å². The third kappa shape index (κ3) is 5.27. The molecule has 3 aromatic carbocycles. The van der Waals surface area contributed by atoms with E-state index in [-0.39, 0.29) is 24.2 Å². The van der Waals surface area contributed by atoms with Crippen LogP contribution in [0.4, 0.5) is 11.4 Å². The van der Waals surface area contributed by atoms with Crippen LogP contribution in [0.25, 0.3) is 0 Å². The summed E-state index contributed by atoms with van der Waals surface area (Å²) in [5.74, 6) is 3.51. The van der Waals surface area contributed by atoms with E-state index in [0.29, 0.717) is 21.8 Å². The number of rotatable bonds is 5. The first kappa shape index (κ1) is 25.0. The molecule has 36 heavy (non-hydrogen) atoms. The molecule has 1 aliphatic rings. The molecule has 1 amide bonds. The molecule has 7 heteroatoms. The van der Waals surface area contributed by atoms with Crippen molar-refractivity contribution in [1.82, 2.24) is 0 Å². The number of hydrogen-bond acceptors (Lipinski definition) is 4. The number of aliphatic carboxylic acids is 1. The number of amides is 1. The Morgan fingerprint density at radius 1 is 1.00 bits per heavy atom. The van der Waals surface area contributed by atoms with Crippen molar-refractivity contribution in [2.75, 3.05) is 10.2 Å². The summed E-state index contributed by atoms with van der Waals surface area (Å²) >= 11 is 6.10. The zero-order valence-electron chi connectivity index (χ0n) is 19.9. The van der Waals surface area contributed by atoms with Gasteiger partial charge in [0.1, 0.15) is 6.42 Å². The van der Waals surface area contributed by atoms with Gasteiger partial charge in [0, 0.05) is 40.5 Å². The van der Waals surface area contributed by atoms with Crippen molar-refractivity contribution < 1.29 is 19.5 Å². The molecule has 0 radical (unpaired) electrons. The van der Waals surface area contributed by atoms with E-state index in [1.807, 2.05) is 31.2 Å². The molecule has 6 nitrogen and oxygen atoms in total. The normalized spacial score (nSPS) is 18.1. The SMILES string of the molecule is CC(=O)N(c1ccc(Cl)cc1)[C@H]1c2ccccc2N[C@@H](C)C1C(=O)c1ccc(C#CCC(=O)O)cc1. The number of carboxylic acid groups (broad SMARTS) is 1. The molecule has 0 saturated heterocycles. The first-order valence-corrected chi connectivity index (χ1v) is 11.9. The lowest BCUT2D eigenvalue weighted by molar-refractivity contribution is -0.135. The number of benzene rings is 3. The Hall–Kier alpha value is -4.08. The fourth-order valence-electron chi connectivity index (χ4n) is 4.63. The Kier molecular flexibility index (Phi) is 7.42. The van der Waals surface area contributed by atoms with E-state index in [2.05, 4.69) is 17.2 Å². The van der Waals surface area contributed by atoms with Gasteiger partial charge in [0.15, 0.2) is 5.78 Å². The van der Waals surface area contributed by atoms with Crippen molar-refractivity contribution in [3.8, 4) is 11.8 Å². The van der Waals surface area contributed by atoms with Gasteiger partial charge in [0.25, 0.3) is 0 Å². The molecule has 0 saturated carbocycles. The van der Waals surface area contributed by atoms with Crippen LogP contribution in [-0.4, -0.2) is 28.8 Å². The second kappa shape index (κ2) is 10.7. The number of fused-ring (bicyclic) bond motifs is 1. The molecular weight excluding hydrogens is 476 g/mol. The largest absolute Gasteiger partial charge is 0.481 e. The molecule has 0 fully saturated rings. The average molecular weight is 501 g/mol. The van der Waals surface area contributed by atoms with E-state index in [1.165, 1.54) is 6.92 Å². The number of carbonyl (C=O) groups is 3. The monoisotopic (exact) mass is 500 g/mol. The van der Waals surface area contributed by atoms with Gasteiger partial charge in [-0.25, -0.2) is 0 Å². The van der Waals surface area contributed by atoms with Crippen LogP contribution in [0, 0.1) is 17.8 Å². The average Bonchev–Trinajstić information content (AvgIpc) is 2.85. The van der Waals surface area contributed by atoms with Gasteiger partial charge in [0.05, 0.1) is 12.0 Å². The Morgan fingerprint density at radius 2 is 1.67 bits per heavy atom. The van der Waals surface area contributed by atoms with E-state index >= 15 is 0 Å². The highest BCUT2D eigenvalue weighted by molar-refractivity contribution is 6.30. The Labute approximate surface area is 214 Å². The Bertz CT molecular complexity index is 1360. The maximum absolute atomic E-state index is 13.9. The van der Waals surface area contributed by atoms with Crippen LogP contribution in [0.1, 0.15) is 47.8 Å². The van der Waals surface area contributed by atoms with Crippen molar-refractivity contribution >= 4 is 40.6 Å². The van der Waals surface area contributed by atoms with Crippen LogP contribution in [0.15, 0.2) is 72.8 Å². The molecule has 4 rings (SSSR count). The highest BCUT2D eigenvalue weighted by Crippen LogP contribution is 2.44. The highest BCUT2D eigenvalue weighted by atomic mass is 35.5. The molecule has 0 bridgehead atoms. The van der Waals surface area contributed by atoms with Crippen LogP contribution in [0.3, 0.4) is 0 Å². The standard InChI is InChI=1S/C29H25ClN2O4/c1-18-27(29(36)21-12-10-20(11-13-21)6-5-9-26(34)35)28(24-7-3-4-8-25(24)31-18)32(19(2)33)23-16-14-22(30)15-17-23/h3-4,7-8,10-18,27-28,31H,9H2,1-2H3,(H,34,35)/t18-,27?,28-/m0/s1. The zero-order chi connectivity index (χ0) is 25.8. The van der Waals surface area contributed by atoms with Gasteiger partial charge in [0.2, 0.25) is 5.91 Å². The van der Waals surface area contributed by atoms with Crippen molar-refractivity contribution in [3.05, 3.63) is 94.5 Å². The number of para-hydroxylation sites is 1. The first-order valence-electron chi connectivity index (χ1n) is 11.5. The number of Topliss-reactive ketones (excluding diaryl/α,β-unsaturated/α-hetero) is 1. The maximum Gasteiger partial charge on any atom is 0.315 e. The third-order valence-corrected chi connectivity index (χ3v) is 6.46. The molecule has 3 atom stereocenters. The molecule has 182 valence electrons. The molecule has 0 spiro atoms. The topological polar surface area (TPSA) is 86.7 Å². The molecule has 0 aromatic heterocycles. The van der Waals surface area contributed by atoms with Gasteiger partial charge in [-0.3, -0.25) is 14.4 Å². The fraction of sp³-hybridized carbons (Fsp3) is 0.207. The number of halogens is 1. The Morgan fingerprint density at radius 3 is 2.31 bits per heavy atom. The summed E-state index contributed by atoms with van der Waals surface area (Å²) in [7, 11) is 0. The van der Waals surface area contributed by atoms with Gasteiger partial charge in [-0.1, -0.05) is 53.8 Å². The van der Waals surface area contributed by atoms with Crippen LogP contribution in [-0.2, 0) is 9.59 Å². The molecule has 1 unspecified atom stereocenters. The van der Waals surface area contributed by atoms with Crippen LogP contribution in [0.2, 0.25) is 5.02 Å². The minimum absolute atomic E-state index is 0.111. The number of carboxylic acids is 1. The Balaban J connectivity index is 1.76. The third-order valence-electron chi connectivity index (χ3n) is 6.21. The lowest BCUT2D eigenvalue weighted by Gasteiger charge is -2.43. The minimum atomic E-state index is -0.991. The van der Waals surface area contributed by atoms with E-state index < -0.39 is 17.9 Å². The summed E-state index contributed by atoms with van der Waals surface area (Å²) in [5.41, 5.74) is 3.50. The molecule has 1 heterocycles. The molecule has 2 N–H and O–H groups in total. The molecular formula is C29H25ClN2O4. The summed E-state index contributed by atoms with van der Waals surface area (Å²) in [6.45, 7) is 3.44. The fourth-order valence-corrected chi connectivity index (χ4v) is 4.76. The number of nitrogens with one attached hydrogen (secondary N) is 1. The van der Waals surface area contributed by atoms with Crippen LogP contribution in [0.5, 0.6) is 0 Å². The van der Waals surface area contributed by atoms with Crippen molar-refractivity contribution in [2.45, 2.75) is 32.4 Å². The van der Waals surface area contributed by atoms with Crippen molar-refractivity contribution in [2.24, 2.45) is 5.92 Å². The number of anilines is 2. The lowest BCUT2D eigenvalue weighted by Crippen LogP contribution is -2.49. The van der Waals surface area contributed by atoms with Crippen LogP contribution < -0.4 is 10.2 Å². The number of carbonyl (C=O) groups excluding carboxylic acids is 2. The highest BCUT2D eigenvalue weighted by Gasteiger charge is 2.43. The van der Waals surface area contributed by atoms with Gasteiger partial charge >= 0.3 is 5.97 Å². The first-order chi connectivity index (χ1) is 17.3. The number of ketones is 1. The van der Waals surface area contributed by atoms with E-state index in [9.17, 15) is 14.4 Å². The lowest BCUT2D eigenvalue weighted by atomic mass is 9.77. The zero-order valence-corrected chi connectivity index (χ0v) is 20.6. The van der Waals surface area contributed by atoms with Gasteiger partial charge in [-0.05, 0) is 55.0 Å². The van der Waals surface area contributed by atoms with E-state index in [0.717, 1.165) is 11.3 Å². The summed E-state index contributed by atoms with van der Waals surface area (Å²) in [6.07, 6.45) is -0.251. The summed E-state index contributed by atoms with van der Waals surface area (Å²) < 4.78 is 0. The van der Waals surface area contributed by atoms with Crippen molar-refractivity contribution in [3.63, 3.8) is 0 Å². The molecule has 0 aliphatic carbocycles. The van der Waals surface area contributed by atoms with Gasteiger partial charge in [-0.15, -0.1) is 0 Å². The second-order valence-corrected chi connectivity index (χ2v) is 9.11. The van der Waals surface area contributed by atoms with Crippen molar-refractivity contribution in [1.29, 1.82) is 0 Å². The summed E-state index contributed by atoms with van der Waals surface area (Å²) in [6, 6.07) is 20.7. The number of nitrogens with zero attached hydrogens (tertiary/aromatic N) is 1. The van der Waals surface area contributed by atoms with Gasteiger partial charge in [-0.2, -0.15) is 0 Å². The summed E-state index contributed by atoms with van der Waals surface area (Å²) in [5, 5.41) is 12.8. The molecule has 3 aromatic rings. The second-order valence-electron chi connectivity index (χ2n) is 8.67. The smallest absolute Gasteiger partial charge is 0.315 e. The quantitative estimate of drug-likeness (QED) is 0.353. The maximum atomic E-state index is 13.9. The van der Waals surface area contributed by atoms with E-state index in [1.54, 1.807) is 53.4 Å². The molecule has 1 aliphatic heterocycles. The minimum Gasteiger partial charge on any atom is -0.481 e. The predicted octanol–water partition coefficient (Wildman–Crippen LogP) is 5.57. The number of hydrogen-bond donors (Lipinski definition) is 2. The predicted molar refractivity (Wildman–Crippen MR) is 140 cm³/mol. The van der Waals surface area contributed by atoms with E-state index in [4.69, 9.17) is 16.7 Å². The van der Waals surface area contributed by atoms with Crippen LogP contribution >= 0.6 is 11.6 Å².